The van der Waals surface area contributed by atoms with Crippen molar-refractivity contribution in [3.05, 3.63) is 47.2 Å². The van der Waals surface area contributed by atoms with E-state index < -0.39 is 34.7 Å². The largest absolute Gasteiger partial charge is 0.512 e. The van der Waals surface area contributed by atoms with Crippen LogP contribution in [0.5, 0.6) is 0 Å². The number of hydrogen-bond acceptors (Lipinski definition) is 6. The molecule has 1 aromatic carbocycles. The number of nitriles is 4. The lowest BCUT2D eigenvalue weighted by atomic mass is 9.51. The number of carbonyl (C=O) groups is 1. The molecule has 1 unspecified atom stereocenters. The lowest BCUT2D eigenvalue weighted by molar-refractivity contribution is -0.114. The van der Waals surface area contributed by atoms with Crippen LogP contribution in [0.2, 0.25) is 0 Å². The summed E-state index contributed by atoms with van der Waals surface area (Å²) in [4.78, 5) is 12.1. The first-order valence-electron chi connectivity index (χ1n) is 7.06. The molecule has 0 radical (unpaired) electrons. The van der Waals surface area contributed by atoms with Crippen LogP contribution < -0.4 is 0 Å². The molecule has 2 rings (SSSR count). The molecule has 0 aliphatic heterocycles. The molecule has 1 aliphatic rings. The zero-order valence-corrected chi connectivity index (χ0v) is 12.8. The summed E-state index contributed by atoms with van der Waals surface area (Å²) in [6, 6.07) is 15.3. The van der Waals surface area contributed by atoms with E-state index in [1.807, 2.05) is 12.1 Å². The van der Waals surface area contributed by atoms with Gasteiger partial charge in [0, 0.05) is 12.0 Å². The van der Waals surface area contributed by atoms with Crippen molar-refractivity contribution in [1.82, 2.24) is 0 Å². The molecule has 1 aliphatic carbocycles. The minimum Gasteiger partial charge on any atom is -0.512 e. The second kappa shape index (κ2) is 5.88. The number of Topliss-reactive ketones (excluding diaryl/α,β-unsaturated/α-hetero) is 1. The molecule has 1 aromatic rings. The zero-order chi connectivity index (χ0) is 18.0. The van der Waals surface area contributed by atoms with Crippen LogP contribution in [0, 0.1) is 56.2 Å². The quantitative estimate of drug-likeness (QED) is 0.891. The van der Waals surface area contributed by atoms with Gasteiger partial charge in [-0.3, -0.25) is 4.79 Å². The maximum atomic E-state index is 12.1. The van der Waals surface area contributed by atoms with Gasteiger partial charge in [-0.15, -0.1) is 0 Å². The highest BCUT2D eigenvalue weighted by Crippen LogP contribution is 2.58. The van der Waals surface area contributed by atoms with Gasteiger partial charge in [0.25, 0.3) is 0 Å². The van der Waals surface area contributed by atoms with Crippen molar-refractivity contribution < 1.29 is 9.90 Å². The first kappa shape index (κ1) is 16.8. The molecule has 6 nitrogen and oxygen atoms in total. The first-order valence-corrected chi connectivity index (χ1v) is 7.06. The van der Waals surface area contributed by atoms with E-state index >= 15 is 0 Å². The van der Waals surface area contributed by atoms with Crippen LogP contribution in [-0.4, -0.2) is 10.9 Å². The molecule has 1 atom stereocenters. The summed E-state index contributed by atoms with van der Waals surface area (Å²) in [5.41, 5.74) is -3.90. The van der Waals surface area contributed by atoms with Gasteiger partial charge in [-0.1, -0.05) is 30.3 Å². The number of benzene rings is 1. The summed E-state index contributed by atoms with van der Waals surface area (Å²) in [5.74, 6) is -2.14. The number of allylic oxidation sites excluding steroid dienone is 2. The molecular weight excluding hydrogens is 304 g/mol. The summed E-state index contributed by atoms with van der Waals surface area (Å²) in [5, 5.41) is 49.0. The lowest BCUT2D eigenvalue weighted by Crippen LogP contribution is -2.48. The van der Waals surface area contributed by atoms with Gasteiger partial charge in [-0.25, -0.2) is 0 Å². The number of aliphatic hydroxyl groups excluding tert-OH is 1. The number of rotatable bonds is 2. The van der Waals surface area contributed by atoms with E-state index in [-0.39, 0.29) is 5.57 Å². The van der Waals surface area contributed by atoms with Crippen molar-refractivity contribution in [2.75, 3.05) is 0 Å². The normalized spacial score (nSPS) is 20.8. The monoisotopic (exact) mass is 316 g/mol. The Morgan fingerprint density at radius 2 is 1.62 bits per heavy atom. The summed E-state index contributed by atoms with van der Waals surface area (Å²) in [6.45, 7) is 1.22. The second-order valence-corrected chi connectivity index (χ2v) is 5.60. The van der Waals surface area contributed by atoms with Gasteiger partial charge >= 0.3 is 0 Å². The Kier molecular flexibility index (Phi) is 4.11. The van der Waals surface area contributed by atoms with Gasteiger partial charge in [0.2, 0.25) is 0 Å². The molecule has 116 valence electrons. The van der Waals surface area contributed by atoms with Crippen molar-refractivity contribution in [1.29, 1.82) is 21.0 Å². The Bertz CT molecular complexity index is 860. The molecule has 1 N–H and O–H groups in total. The molecule has 24 heavy (non-hydrogen) atoms. The standard InChI is InChI=1S/C18H12N4O2/c1-12(23)15-14(24)7-17(8-19,9-20)18(10-21,11-22)16(15)13-5-3-2-4-6-13/h2-6,16,24H,7H2,1H3. The van der Waals surface area contributed by atoms with Gasteiger partial charge in [0.15, 0.2) is 16.6 Å². The van der Waals surface area contributed by atoms with Crippen LogP contribution in [0.1, 0.15) is 24.8 Å². The summed E-state index contributed by atoms with van der Waals surface area (Å²) in [6.07, 6.45) is -0.542. The summed E-state index contributed by atoms with van der Waals surface area (Å²) in [7, 11) is 0. The van der Waals surface area contributed by atoms with E-state index in [4.69, 9.17) is 0 Å². The fraction of sp³-hybridized carbons (Fsp3) is 0.278. The Hall–Kier alpha value is -3.61. The summed E-state index contributed by atoms with van der Waals surface area (Å²) < 4.78 is 0. The van der Waals surface area contributed by atoms with Crippen molar-refractivity contribution in [3.63, 3.8) is 0 Å². The minimum absolute atomic E-state index is 0.106. The highest BCUT2D eigenvalue weighted by Gasteiger charge is 2.64. The number of nitrogens with zero attached hydrogens (tertiary/aromatic N) is 4. The van der Waals surface area contributed by atoms with Crippen molar-refractivity contribution in [2.45, 2.75) is 19.3 Å². The molecule has 6 heteroatoms. The van der Waals surface area contributed by atoms with Crippen molar-refractivity contribution in [3.8, 4) is 24.3 Å². The SMILES string of the molecule is CC(=O)C1=C(O)CC(C#N)(C#N)C(C#N)(C#N)C1c1ccccc1. The Labute approximate surface area is 139 Å². The summed E-state index contributed by atoms with van der Waals surface area (Å²) >= 11 is 0. The molecule has 0 fully saturated rings. The first-order chi connectivity index (χ1) is 11.4. The van der Waals surface area contributed by atoms with Crippen LogP contribution in [0.4, 0.5) is 0 Å². The Morgan fingerprint density at radius 1 is 1.08 bits per heavy atom. The third-order valence-electron chi connectivity index (χ3n) is 4.39. The third kappa shape index (κ3) is 2.03. The van der Waals surface area contributed by atoms with E-state index in [0.717, 1.165) is 0 Å². The number of hydrogen-bond donors (Lipinski definition) is 1. The predicted molar refractivity (Wildman–Crippen MR) is 81.5 cm³/mol. The van der Waals surface area contributed by atoms with Gasteiger partial charge in [-0.05, 0) is 12.5 Å². The fourth-order valence-electron chi connectivity index (χ4n) is 3.21. The molecule has 0 aromatic heterocycles. The van der Waals surface area contributed by atoms with E-state index in [1.54, 1.807) is 42.5 Å². The van der Waals surface area contributed by atoms with Gasteiger partial charge in [0.1, 0.15) is 5.76 Å². The highest BCUT2D eigenvalue weighted by atomic mass is 16.3. The van der Waals surface area contributed by atoms with Crippen LogP contribution in [0.3, 0.4) is 0 Å². The van der Waals surface area contributed by atoms with E-state index in [9.17, 15) is 30.9 Å². The fourth-order valence-corrected chi connectivity index (χ4v) is 3.21. The number of aliphatic hydroxyl groups is 1. The maximum absolute atomic E-state index is 12.1. The Balaban J connectivity index is 2.97. The predicted octanol–water partition coefficient (Wildman–Crippen LogP) is 2.64. The topological polar surface area (TPSA) is 132 Å². The van der Waals surface area contributed by atoms with E-state index in [2.05, 4.69) is 0 Å². The van der Waals surface area contributed by atoms with Gasteiger partial charge in [0.05, 0.1) is 30.2 Å². The number of carbonyl (C=O) groups excluding carboxylic acids is 1. The van der Waals surface area contributed by atoms with Crippen molar-refractivity contribution in [2.24, 2.45) is 10.8 Å². The van der Waals surface area contributed by atoms with E-state index in [0.29, 0.717) is 5.56 Å². The second-order valence-electron chi connectivity index (χ2n) is 5.60. The lowest BCUT2D eigenvalue weighted by Gasteiger charge is -2.42. The molecule has 0 bridgehead atoms. The molecule has 0 saturated heterocycles. The molecule has 0 saturated carbocycles. The molecular formula is C18H12N4O2. The van der Waals surface area contributed by atoms with Crippen molar-refractivity contribution >= 4 is 5.78 Å². The zero-order valence-electron chi connectivity index (χ0n) is 12.8. The Morgan fingerprint density at radius 3 is 2.04 bits per heavy atom. The van der Waals surface area contributed by atoms with Crippen LogP contribution >= 0.6 is 0 Å². The van der Waals surface area contributed by atoms with Crippen LogP contribution in [0.25, 0.3) is 0 Å². The third-order valence-corrected chi connectivity index (χ3v) is 4.39. The van der Waals surface area contributed by atoms with Crippen LogP contribution in [0.15, 0.2) is 41.7 Å². The van der Waals surface area contributed by atoms with E-state index in [1.165, 1.54) is 6.92 Å². The average molecular weight is 316 g/mol. The highest BCUT2D eigenvalue weighted by molar-refractivity contribution is 5.96. The maximum Gasteiger partial charge on any atom is 0.186 e. The smallest absolute Gasteiger partial charge is 0.186 e. The molecule has 0 amide bonds. The van der Waals surface area contributed by atoms with Gasteiger partial charge in [-0.2, -0.15) is 21.0 Å². The van der Waals surface area contributed by atoms with Crippen LogP contribution in [-0.2, 0) is 4.79 Å². The minimum atomic E-state index is -2.12. The molecule has 0 heterocycles. The number of ketones is 1. The average Bonchev–Trinajstić information content (AvgIpc) is 2.61. The molecule has 0 spiro atoms. The van der Waals surface area contributed by atoms with Gasteiger partial charge < -0.3 is 5.11 Å².